The van der Waals surface area contributed by atoms with Gasteiger partial charge in [0.15, 0.2) is 0 Å². The second-order valence-electron chi connectivity index (χ2n) is 8.70. The lowest BCUT2D eigenvalue weighted by molar-refractivity contribution is -0.134. The summed E-state index contributed by atoms with van der Waals surface area (Å²) in [6.07, 6.45) is 0. The molecule has 0 radical (unpaired) electrons. The van der Waals surface area contributed by atoms with Gasteiger partial charge in [0.25, 0.3) is 5.91 Å². The molecule has 0 saturated carbocycles. The number of hydrogen-bond acceptors (Lipinski definition) is 4. The number of hydrogen-bond donors (Lipinski definition) is 1. The number of amides is 2. The van der Waals surface area contributed by atoms with Gasteiger partial charge in [-0.3, -0.25) is 9.59 Å². The van der Waals surface area contributed by atoms with Crippen LogP contribution in [0, 0.1) is 11.8 Å². The van der Waals surface area contributed by atoms with Crippen molar-refractivity contribution in [3.05, 3.63) is 54.1 Å². The topological polar surface area (TPSA) is 61.9 Å². The fourth-order valence-electron chi connectivity index (χ4n) is 3.50. The van der Waals surface area contributed by atoms with Crippen molar-refractivity contribution in [2.45, 2.75) is 27.7 Å². The van der Waals surface area contributed by atoms with Crippen molar-refractivity contribution in [1.29, 1.82) is 0 Å². The zero-order valence-corrected chi connectivity index (χ0v) is 18.9. The molecule has 0 bridgehead atoms. The Morgan fingerprint density at radius 2 is 1.65 bits per heavy atom. The van der Waals surface area contributed by atoms with Crippen LogP contribution in [0.3, 0.4) is 0 Å². The first kappa shape index (κ1) is 22.7. The van der Waals surface area contributed by atoms with Crippen molar-refractivity contribution in [1.82, 2.24) is 4.90 Å². The molecule has 0 unspecified atom stereocenters. The first-order chi connectivity index (χ1) is 14.8. The Bertz CT molecular complexity index is 885. The highest BCUT2D eigenvalue weighted by molar-refractivity contribution is 6.04. The quantitative estimate of drug-likeness (QED) is 0.722. The molecule has 2 amide bonds. The third-order valence-electron chi connectivity index (χ3n) is 5.26. The number of rotatable bonds is 7. The molecule has 31 heavy (non-hydrogen) atoms. The molecule has 1 aliphatic heterocycles. The van der Waals surface area contributed by atoms with Crippen LogP contribution in [-0.4, -0.2) is 49.5 Å². The van der Waals surface area contributed by atoms with Gasteiger partial charge in [-0.2, -0.15) is 0 Å². The molecular formula is C25H33N3O3. The lowest BCUT2D eigenvalue weighted by Crippen LogP contribution is -2.49. The number of anilines is 2. The predicted octanol–water partition coefficient (Wildman–Crippen LogP) is 4.28. The normalized spacial score (nSPS) is 14.1. The van der Waals surface area contributed by atoms with Crippen LogP contribution >= 0.6 is 0 Å². The van der Waals surface area contributed by atoms with Gasteiger partial charge in [0.2, 0.25) is 5.91 Å². The zero-order chi connectivity index (χ0) is 22.4. The van der Waals surface area contributed by atoms with Gasteiger partial charge < -0.3 is 19.9 Å². The summed E-state index contributed by atoms with van der Waals surface area (Å²) in [5.41, 5.74) is 2.41. The highest BCUT2D eigenvalue weighted by atomic mass is 16.5. The van der Waals surface area contributed by atoms with E-state index >= 15 is 0 Å². The molecule has 0 aliphatic carbocycles. The maximum absolute atomic E-state index is 12.6. The number of ether oxygens (including phenoxy) is 1. The van der Waals surface area contributed by atoms with E-state index < -0.39 is 0 Å². The van der Waals surface area contributed by atoms with Gasteiger partial charge in [-0.25, -0.2) is 0 Å². The largest absolute Gasteiger partial charge is 0.493 e. The lowest BCUT2D eigenvalue weighted by atomic mass is 10.1. The minimum absolute atomic E-state index is 0.0388. The van der Waals surface area contributed by atoms with Gasteiger partial charge >= 0.3 is 0 Å². The Hall–Kier alpha value is -3.02. The monoisotopic (exact) mass is 423 g/mol. The lowest BCUT2D eigenvalue weighted by Gasteiger charge is -2.37. The molecular weight excluding hydrogens is 390 g/mol. The molecule has 1 aliphatic rings. The van der Waals surface area contributed by atoms with Crippen molar-refractivity contribution in [3.63, 3.8) is 0 Å². The van der Waals surface area contributed by atoms with Crippen molar-refractivity contribution in [3.8, 4) is 5.75 Å². The van der Waals surface area contributed by atoms with Crippen LogP contribution < -0.4 is 15.0 Å². The molecule has 1 fully saturated rings. The van der Waals surface area contributed by atoms with E-state index in [1.165, 1.54) is 0 Å². The molecule has 0 atom stereocenters. The fraction of sp³-hybridized carbons (Fsp3) is 0.440. The predicted molar refractivity (Wildman–Crippen MR) is 125 cm³/mol. The van der Waals surface area contributed by atoms with E-state index in [9.17, 15) is 9.59 Å². The van der Waals surface area contributed by atoms with E-state index in [0.717, 1.165) is 37.6 Å². The van der Waals surface area contributed by atoms with Gasteiger partial charge in [-0.05, 0) is 48.4 Å². The Balaban J connectivity index is 1.56. The Kier molecular flexibility index (Phi) is 7.55. The minimum Gasteiger partial charge on any atom is -0.493 e. The maximum atomic E-state index is 12.6. The Morgan fingerprint density at radius 3 is 2.26 bits per heavy atom. The average molecular weight is 424 g/mol. The smallest absolute Gasteiger partial charge is 0.255 e. The van der Waals surface area contributed by atoms with Crippen molar-refractivity contribution in [2.24, 2.45) is 11.8 Å². The molecule has 6 nitrogen and oxygen atoms in total. The molecule has 1 saturated heterocycles. The van der Waals surface area contributed by atoms with Crippen LogP contribution in [0.4, 0.5) is 11.4 Å². The van der Waals surface area contributed by atoms with Crippen LogP contribution in [0.25, 0.3) is 0 Å². The summed E-state index contributed by atoms with van der Waals surface area (Å²) in [5, 5.41) is 2.95. The molecule has 0 aromatic heterocycles. The van der Waals surface area contributed by atoms with Gasteiger partial charge in [-0.15, -0.1) is 0 Å². The van der Waals surface area contributed by atoms with E-state index in [1.807, 2.05) is 55.1 Å². The molecule has 166 valence electrons. The van der Waals surface area contributed by atoms with Gasteiger partial charge in [0.1, 0.15) is 5.75 Å². The van der Waals surface area contributed by atoms with Crippen LogP contribution in [-0.2, 0) is 4.79 Å². The molecule has 1 heterocycles. The Labute approximate surface area is 185 Å². The van der Waals surface area contributed by atoms with Crippen molar-refractivity contribution >= 4 is 23.2 Å². The van der Waals surface area contributed by atoms with E-state index in [2.05, 4.69) is 24.1 Å². The average Bonchev–Trinajstić information content (AvgIpc) is 2.78. The second-order valence-corrected chi connectivity index (χ2v) is 8.70. The van der Waals surface area contributed by atoms with E-state index in [0.29, 0.717) is 23.8 Å². The molecule has 0 spiro atoms. The molecule has 6 heteroatoms. The van der Waals surface area contributed by atoms with Gasteiger partial charge in [0, 0.05) is 49.0 Å². The maximum Gasteiger partial charge on any atom is 0.255 e. The molecule has 2 aromatic rings. The summed E-state index contributed by atoms with van der Waals surface area (Å²) in [5.74, 6) is 1.22. The SMILES string of the molecule is CC(C)COc1cccc(C(=O)Nc2ccc(N3CCN(C(=O)C(C)C)CC3)cc2)c1. The number of nitrogens with one attached hydrogen (secondary N) is 1. The van der Waals surface area contributed by atoms with Gasteiger partial charge in [-0.1, -0.05) is 33.8 Å². The standard InChI is InChI=1S/C25H33N3O3/c1-18(2)17-31-23-7-5-6-20(16-23)24(29)26-21-8-10-22(11-9-21)27-12-14-28(15-13-27)25(30)19(3)4/h5-11,16,18-19H,12-15,17H2,1-4H3,(H,26,29). The fourth-order valence-corrected chi connectivity index (χ4v) is 3.50. The second kappa shape index (κ2) is 10.3. The van der Waals surface area contributed by atoms with Crippen LogP contribution in [0.1, 0.15) is 38.1 Å². The summed E-state index contributed by atoms with van der Waals surface area (Å²) in [6.45, 7) is 11.8. The van der Waals surface area contributed by atoms with E-state index in [4.69, 9.17) is 4.74 Å². The summed E-state index contributed by atoms with van der Waals surface area (Å²) in [6, 6.07) is 15.1. The third kappa shape index (κ3) is 6.23. The van der Waals surface area contributed by atoms with E-state index in [1.54, 1.807) is 12.1 Å². The first-order valence-corrected chi connectivity index (χ1v) is 11.0. The third-order valence-corrected chi connectivity index (χ3v) is 5.26. The zero-order valence-electron chi connectivity index (χ0n) is 18.9. The highest BCUT2D eigenvalue weighted by Crippen LogP contribution is 2.21. The van der Waals surface area contributed by atoms with E-state index in [-0.39, 0.29) is 17.7 Å². The van der Waals surface area contributed by atoms with Gasteiger partial charge in [0.05, 0.1) is 6.61 Å². The number of nitrogens with zero attached hydrogens (tertiary/aromatic N) is 2. The molecule has 1 N–H and O–H groups in total. The molecule has 2 aromatic carbocycles. The van der Waals surface area contributed by atoms with Crippen LogP contribution in [0.2, 0.25) is 0 Å². The Morgan fingerprint density at radius 1 is 0.968 bits per heavy atom. The number of carbonyl (C=O) groups excluding carboxylic acids is 2. The summed E-state index contributed by atoms with van der Waals surface area (Å²) in [4.78, 5) is 29.0. The summed E-state index contributed by atoms with van der Waals surface area (Å²) < 4.78 is 5.72. The number of carbonyl (C=O) groups is 2. The molecule has 3 rings (SSSR count). The highest BCUT2D eigenvalue weighted by Gasteiger charge is 2.22. The van der Waals surface area contributed by atoms with Crippen LogP contribution in [0.5, 0.6) is 5.75 Å². The number of piperazine rings is 1. The van der Waals surface area contributed by atoms with Crippen molar-refractivity contribution in [2.75, 3.05) is 43.0 Å². The van der Waals surface area contributed by atoms with Crippen LogP contribution in [0.15, 0.2) is 48.5 Å². The first-order valence-electron chi connectivity index (χ1n) is 11.0. The minimum atomic E-state index is -0.163. The summed E-state index contributed by atoms with van der Waals surface area (Å²) >= 11 is 0. The van der Waals surface area contributed by atoms with Crippen molar-refractivity contribution < 1.29 is 14.3 Å². The summed E-state index contributed by atoms with van der Waals surface area (Å²) in [7, 11) is 0. The number of benzene rings is 2.